The van der Waals surface area contributed by atoms with Crippen molar-refractivity contribution in [1.29, 1.82) is 0 Å². The van der Waals surface area contributed by atoms with Gasteiger partial charge in [-0.1, -0.05) is 0 Å². The van der Waals surface area contributed by atoms with Gasteiger partial charge in [-0.2, -0.15) is 0 Å². The van der Waals surface area contributed by atoms with E-state index < -0.39 is 0 Å². The molecule has 0 aliphatic carbocycles. The molecule has 0 unspecified atom stereocenters. The van der Waals surface area contributed by atoms with Crippen LogP contribution in [0.25, 0.3) is 11.3 Å². The molecule has 0 radical (unpaired) electrons. The Hall–Kier alpha value is -1.90. The molecule has 0 fully saturated rings. The number of nitrogen functional groups attached to an aromatic ring is 1. The third-order valence-electron chi connectivity index (χ3n) is 1.76. The smallest absolute Gasteiger partial charge is 0.0704 e. The first-order chi connectivity index (χ1) is 6.36. The highest BCUT2D eigenvalue weighted by Crippen LogP contribution is 2.15. The summed E-state index contributed by atoms with van der Waals surface area (Å²) in [5.41, 5.74) is 8.17. The van der Waals surface area contributed by atoms with Gasteiger partial charge in [-0.05, 0) is 24.3 Å². The summed E-state index contributed by atoms with van der Waals surface area (Å²) in [7, 11) is 0. The van der Waals surface area contributed by atoms with E-state index in [2.05, 4.69) is 9.97 Å². The Morgan fingerprint density at radius 2 is 1.77 bits per heavy atom. The van der Waals surface area contributed by atoms with Gasteiger partial charge in [-0.25, -0.2) is 0 Å². The number of nitrogens with two attached hydrogens (primary N) is 1. The van der Waals surface area contributed by atoms with Gasteiger partial charge in [0.15, 0.2) is 0 Å². The standard InChI is InChI=1S/C10H9N3/c11-9-1-2-10(13-7-9)8-3-5-12-6-4-8/h1-7H,11H2. The van der Waals surface area contributed by atoms with Crippen LogP contribution >= 0.6 is 0 Å². The van der Waals surface area contributed by atoms with Gasteiger partial charge in [-0.3, -0.25) is 9.97 Å². The fourth-order valence-corrected chi connectivity index (χ4v) is 1.10. The van der Waals surface area contributed by atoms with Crippen LogP contribution in [-0.2, 0) is 0 Å². The zero-order chi connectivity index (χ0) is 9.10. The van der Waals surface area contributed by atoms with E-state index in [0.717, 1.165) is 11.3 Å². The lowest BCUT2D eigenvalue weighted by atomic mass is 10.2. The van der Waals surface area contributed by atoms with E-state index in [4.69, 9.17) is 5.73 Å². The molecule has 0 aliphatic heterocycles. The Balaban J connectivity index is 2.42. The number of nitrogens with zero attached hydrogens (tertiary/aromatic N) is 2. The number of hydrogen-bond acceptors (Lipinski definition) is 3. The summed E-state index contributed by atoms with van der Waals surface area (Å²) in [4.78, 5) is 8.13. The van der Waals surface area contributed by atoms with Gasteiger partial charge < -0.3 is 5.73 Å². The van der Waals surface area contributed by atoms with Crippen molar-refractivity contribution in [3.63, 3.8) is 0 Å². The second kappa shape index (κ2) is 3.23. The lowest BCUT2D eigenvalue weighted by molar-refractivity contribution is 1.29. The number of pyridine rings is 2. The molecule has 0 spiro atoms. The SMILES string of the molecule is Nc1ccc(-c2ccncc2)nc1. The highest BCUT2D eigenvalue weighted by molar-refractivity contribution is 5.59. The molecular weight excluding hydrogens is 162 g/mol. The molecule has 3 nitrogen and oxygen atoms in total. The van der Waals surface area contributed by atoms with Crippen LogP contribution in [0.1, 0.15) is 0 Å². The van der Waals surface area contributed by atoms with Gasteiger partial charge in [-0.15, -0.1) is 0 Å². The van der Waals surface area contributed by atoms with E-state index in [9.17, 15) is 0 Å². The molecule has 0 aromatic carbocycles. The van der Waals surface area contributed by atoms with Crippen molar-refractivity contribution in [3.05, 3.63) is 42.9 Å². The van der Waals surface area contributed by atoms with E-state index in [1.54, 1.807) is 18.6 Å². The second-order valence-corrected chi connectivity index (χ2v) is 2.71. The first-order valence-corrected chi connectivity index (χ1v) is 3.98. The second-order valence-electron chi connectivity index (χ2n) is 2.71. The summed E-state index contributed by atoms with van der Waals surface area (Å²) in [6.07, 6.45) is 5.14. The van der Waals surface area contributed by atoms with Gasteiger partial charge in [0.1, 0.15) is 0 Å². The Morgan fingerprint density at radius 3 is 2.38 bits per heavy atom. The molecule has 0 aliphatic rings. The fourth-order valence-electron chi connectivity index (χ4n) is 1.10. The summed E-state index contributed by atoms with van der Waals surface area (Å²) in [6.45, 7) is 0. The largest absolute Gasteiger partial charge is 0.397 e. The lowest BCUT2D eigenvalue weighted by Crippen LogP contribution is -1.87. The van der Waals surface area contributed by atoms with E-state index >= 15 is 0 Å². The molecule has 0 saturated heterocycles. The van der Waals surface area contributed by atoms with Crippen molar-refractivity contribution in [2.24, 2.45) is 0 Å². The number of hydrogen-bond donors (Lipinski definition) is 1. The monoisotopic (exact) mass is 171 g/mol. The van der Waals surface area contributed by atoms with Crippen LogP contribution in [0.15, 0.2) is 42.9 Å². The van der Waals surface area contributed by atoms with Crippen LogP contribution in [0.2, 0.25) is 0 Å². The van der Waals surface area contributed by atoms with Crippen LogP contribution in [0, 0.1) is 0 Å². The van der Waals surface area contributed by atoms with Crippen molar-refractivity contribution in [3.8, 4) is 11.3 Å². The predicted octanol–water partition coefficient (Wildman–Crippen LogP) is 1.73. The minimum atomic E-state index is 0.679. The molecule has 2 heterocycles. The fraction of sp³-hybridized carbons (Fsp3) is 0. The summed E-state index contributed by atoms with van der Waals surface area (Å²) < 4.78 is 0. The molecule has 2 aromatic rings. The average Bonchev–Trinajstić information content (AvgIpc) is 2.20. The van der Waals surface area contributed by atoms with E-state index in [0.29, 0.717) is 5.69 Å². The topological polar surface area (TPSA) is 51.8 Å². The van der Waals surface area contributed by atoms with Gasteiger partial charge in [0.25, 0.3) is 0 Å². The van der Waals surface area contributed by atoms with Crippen molar-refractivity contribution >= 4 is 5.69 Å². The predicted molar refractivity (Wildman–Crippen MR) is 51.9 cm³/mol. The number of aromatic nitrogens is 2. The summed E-state index contributed by atoms with van der Waals surface area (Å²) >= 11 is 0. The average molecular weight is 171 g/mol. The third-order valence-corrected chi connectivity index (χ3v) is 1.76. The molecule has 64 valence electrons. The molecule has 0 atom stereocenters. The Morgan fingerprint density at radius 1 is 1.00 bits per heavy atom. The van der Waals surface area contributed by atoms with Gasteiger partial charge in [0.05, 0.1) is 17.6 Å². The molecule has 2 aromatic heterocycles. The minimum Gasteiger partial charge on any atom is -0.397 e. The molecule has 13 heavy (non-hydrogen) atoms. The van der Waals surface area contributed by atoms with Gasteiger partial charge >= 0.3 is 0 Å². The maximum atomic E-state index is 5.53. The van der Waals surface area contributed by atoms with Gasteiger partial charge in [0, 0.05) is 18.0 Å². The van der Waals surface area contributed by atoms with Crippen molar-refractivity contribution in [2.45, 2.75) is 0 Å². The maximum absolute atomic E-state index is 5.53. The Kier molecular flexibility index (Phi) is 1.92. The zero-order valence-electron chi connectivity index (χ0n) is 7.01. The number of rotatable bonds is 1. The van der Waals surface area contributed by atoms with E-state index in [-0.39, 0.29) is 0 Å². The molecule has 0 amide bonds. The first kappa shape index (κ1) is 7.73. The molecule has 2 rings (SSSR count). The van der Waals surface area contributed by atoms with Crippen LogP contribution in [0.5, 0.6) is 0 Å². The van der Waals surface area contributed by atoms with E-state index in [1.807, 2.05) is 24.3 Å². The Labute approximate surface area is 76.3 Å². The first-order valence-electron chi connectivity index (χ1n) is 3.98. The summed E-state index contributed by atoms with van der Waals surface area (Å²) in [5.74, 6) is 0. The highest BCUT2D eigenvalue weighted by atomic mass is 14.7. The van der Waals surface area contributed by atoms with Crippen LogP contribution in [0.4, 0.5) is 5.69 Å². The summed E-state index contributed by atoms with van der Waals surface area (Å²) in [5, 5.41) is 0. The highest BCUT2D eigenvalue weighted by Gasteiger charge is 1.96. The van der Waals surface area contributed by atoms with Crippen molar-refractivity contribution < 1.29 is 0 Å². The quantitative estimate of drug-likeness (QED) is 0.710. The lowest BCUT2D eigenvalue weighted by Gasteiger charge is -1.99. The third kappa shape index (κ3) is 1.64. The Bertz CT molecular complexity index is 381. The van der Waals surface area contributed by atoms with Gasteiger partial charge in [0.2, 0.25) is 0 Å². The van der Waals surface area contributed by atoms with Crippen LogP contribution in [-0.4, -0.2) is 9.97 Å². The minimum absolute atomic E-state index is 0.679. The van der Waals surface area contributed by atoms with Crippen LogP contribution in [0.3, 0.4) is 0 Å². The maximum Gasteiger partial charge on any atom is 0.0704 e. The van der Waals surface area contributed by atoms with Crippen LogP contribution < -0.4 is 5.73 Å². The summed E-state index contributed by atoms with van der Waals surface area (Å²) in [6, 6.07) is 7.56. The molecule has 0 saturated carbocycles. The molecule has 2 N–H and O–H groups in total. The molecule has 0 bridgehead atoms. The van der Waals surface area contributed by atoms with Crippen molar-refractivity contribution in [2.75, 3.05) is 5.73 Å². The molecule has 3 heteroatoms. The normalized spacial score (nSPS) is 9.85. The zero-order valence-corrected chi connectivity index (χ0v) is 7.01. The molecular formula is C10H9N3. The number of anilines is 1. The van der Waals surface area contributed by atoms with Crippen molar-refractivity contribution in [1.82, 2.24) is 9.97 Å². The van der Waals surface area contributed by atoms with E-state index in [1.165, 1.54) is 0 Å².